The van der Waals surface area contributed by atoms with Gasteiger partial charge in [-0.15, -0.1) is 0 Å². The first-order valence-corrected chi connectivity index (χ1v) is 7.80. The third-order valence-electron chi connectivity index (χ3n) is 3.95. The maximum atomic E-state index is 12.8. The van der Waals surface area contributed by atoms with Crippen molar-refractivity contribution < 1.29 is 4.79 Å². The molecular weight excluding hydrogens is 272 g/mol. The molecule has 0 aliphatic carbocycles. The molecule has 2 rings (SSSR count). The van der Waals surface area contributed by atoms with E-state index in [0.29, 0.717) is 13.1 Å². The Labute approximate surface area is 133 Å². The van der Waals surface area contributed by atoms with Crippen LogP contribution in [-0.4, -0.2) is 23.9 Å². The molecule has 116 valence electrons. The fourth-order valence-electron chi connectivity index (χ4n) is 2.58. The van der Waals surface area contributed by atoms with E-state index in [1.54, 1.807) is 0 Å². The van der Waals surface area contributed by atoms with Crippen molar-refractivity contribution in [2.45, 2.75) is 27.7 Å². The minimum absolute atomic E-state index is 0.0826. The third-order valence-corrected chi connectivity index (χ3v) is 3.95. The Hall–Kier alpha value is -2.29. The van der Waals surface area contributed by atoms with Crippen LogP contribution in [0.3, 0.4) is 0 Å². The van der Waals surface area contributed by atoms with E-state index >= 15 is 0 Å². The first kappa shape index (κ1) is 16.1. The Morgan fingerprint density at radius 1 is 0.909 bits per heavy atom. The Morgan fingerprint density at radius 3 is 2.14 bits per heavy atom. The lowest BCUT2D eigenvalue weighted by Gasteiger charge is -2.22. The molecule has 1 amide bonds. The van der Waals surface area contributed by atoms with Crippen molar-refractivity contribution in [3.8, 4) is 0 Å². The van der Waals surface area contributed by atoms with E-state index < -0.39 is 0 Å². The predicted molar refractivity (Wildman–Crippen MR) is 92.9 cm³/mol. The zero-order valence-electron chi connectivity index (χ0n) is 13.8. The second-order valence-corrected chi connectivity index (χ2v) is 5.41. The lowest BCUT2D eigenvalue weighted by Crippen LogP contribution is -2.31. The molecule has 0 fully saturated rings. The molecule has 0 saturated heterocycles. The Bertz CT molecular complexity index is 660. The van der Waals surface area contributed by atoms with Gasteiger partial charge < -0.3 is 10.2 Å². The number of aryl methyl sites for hydroxylation is 2. The highest BCUT2D eigenvalue weighted by Crippen LogP contribution is 2.26. The Kier molecular flexibility index (Phi) is 5.21. The van der Waals surface area contributed by atoms with Crippen LogP contribution in [-0.2, 0) is 0 Å². The monoisotopic (exact) mass is 296 g/mol. The second-order valence-electron chi connectivity index (χ2n) is 5.41. The molecule has 0 unspecified atom stereocenters. The molecule has 0 aromatic heterocycles. The molecule has 0 aliphatic rings. The highest BCUT2D eigenvalue weighted by Gasteiger charge is 2.19. The number of para-hydroxylation sites is 1. The van der Waals surface area contributed by atoms with Gasteiger partial charge in [0.05, 0.1) is 11.3 Å². The summed E-state index contributed by atoms with van der Waals surface area (Å²) in [5.74, 6) is 0.0826. The van der Waals surface area contributed by atoms with Crippen molar-refractivity contribution in [2.75, 3.05) is 18.4 Å². The zero-order chi connectivity index (χ0) is 16.1. The van der Waals surface area contributed by atoms with Crippen LogP contribution in [0.1, 0.15) is 35.3 Å². The van der Waals surface area contributed by atoms with Gasteiger partial charge in [0.15, 0.2) is 0 Å². The van der Waals surface area contributed by atoms with E-state index in [-0.39, 0.29) is 5.91 Å². The summed E-state index contributed by atoms with van der Waals surface area (Å²) >= 11 is 0. The molecule has 1 N–H and O–H groups in total. The number of benzene rings is 2. The fourth-order valence-corrected chi connectivity index (χ4v) is 2.58. The molecule has 0 aliphatic heterocycles. The van der Waals surface area contributed by atoms with Crippen LogP contribution < -0.4 is 5.32 Å². The van der Waals surface area contributed by atoms with Gasteiger partial charge >= 0.3 is 0 Å². The maximum Gasteiger partial charge on any atom is 0.256 e. The van der Waals surface area contributed by atoms with E-state index in [4.69, 9.17) is 0 Å². The largest absolute Gasteiger partial charge is 0.355 e. The van der Waals surface area contributed by atoms with E-state index in [9.17, 15) is 4.79 Å². The first-order chi connectivity index (χ1) is 10.6. The SMILES string of the molecule is CCN(CC)C(=O)c1c(C)cccc1Nc1ccccc1C. The van der Waals surface area contributed by atoms with Crippen LogP contribution in [0.15, 0.2) is 42.5 Å². The minimum Gasteiger partial charge on any atom is -0.355 e. The number of rotatable bonds is 5. The summed E-state index contributed by atoms with van der Waals surface area (Å²) in [6, 6.07) is 14.0. The predicted octanol–water partition coefficient (Wildman–Crippen LogP) is 4.53. The average Bonchev–Trinajstić information content (AvgIpc) is 2.51. The summed E-state index contributed by atoms with van der Waals surface area (Å²) in [5, 5.41) is 3.42. The van der Waals surface area contributed by atoms with Crippen molar-refractivity contribution in [3.63, 3.8) is 0 Å². The fraction of sp³-hybridized carbons (Fsp3) is 0.316. The van der Waals surface area contributed by atoms with Crippen LogP contribution in [0.25, 0.3) is 0 Å². The smallest absolute Gasteiger partial charge is 0.256 e. The number of nitrogens with one attached hydrogen (secondary N) is 1. The second kappa shape index (κ2) is 7.12. The van der Waals surface area contributed by atoms with Gasteiger partial charge in [-0.2, -0.15) is 0 Å². The van der Waals surface area contributed by atoms with Crippen LogP contribution in [0.5, 0.6) is 0 Å². The molecule has 3 heteroatoms. The van der Waals surface area contributed by atoms with E-state index in [1.807, 2.05) is 62.1 Å². The van der Waals surface area contributed by atoms with E-state index in [1.165, 1.54) is 0 Å². The normalized spacial score (nSPS) is 10.4. The topological polar surface area (TPSA) is 32.3 Å². The van der Waals surface area contributed by atoms with Gasteiger partial charge in [0.2, 0.25) is 0 Å². The lowest BCUT2D eigenvalue weighted by molar-refractivity contribution is 0.0773. The highest BCUT2D eigenvalue weighted by molar-refractivity contribution is 6.01. The number of carbonyl (C=O) groups excluding carboxylic acids is 1. The molecule has 0 atom stereocenters. The van der Waals surface area contributed by atoms with Gasteiger partial charge in [-0.25, -0.2) is 0 Å². The lowest BCUT2D eigenvalue weighted by atomic mass is 10.0. The van der Waals surface area contributed by atoms with Crippen molar-refractivity contribution in [1.29, 1.82) is 0 Å². The van der Waals surface area contributed by atoms with Crippen LogP contribution in [0.4, 0.5) is 11.4 Å². The number of anilines is 2. The quantitative estimate of drug-likeness (QED) is 0.879. The molecule has 0 heterocycles. The zero-order valence-corrected chi connectivity index (χ0v) is 13.8. The summed E-state index contributed by atoms with van der Waals surface area (Å²) in [4.78, 5) is 14.7. The molecule has 0 bridgehead atoms. The van der Waals surface area contributed by atoms with Crippen LogP contribution >= 0.6 is 0 Å². The van der Waals surface area contributed by atoms with Crippen molar-refractivity contribution in [2.24, 2.45) is 0 Å². The Balaban J connectivity index is 2.43. The first-order valence-electron chi connectivity index (χ1n) is 7.80. The Morgan fingerprint density at radius 2 is 1.50 bits per heavy atom. The molecule has 3 nitrogen and oxygen atoms in total. The molecule has 2 aromatic carbocycles. The summed E-state index contributed by atoms with van der Waals surface area (Å²) in [5.41, 5.74) is 4.81. The number of carbonyl (C=O) groups is 1. The summed E-state index contributed by atoms with van der Waals surface area (Å²) in [6.07, 6.45) is 0. The highest BCUT2D eigenvalue weighted by atomic mass is 16.2. The van der Waals surface area contributed by atoms with Crippen molar-refractivity contribution in [3.05, 3.63) is 59.2 Å². The van der Waals surface area contributed by atoms with Gasteiger partial charge in [-0.1, -0.05) is 30.3 Å². The standard InChI is InChI=1S/C19H24N2O/c1-5-21(6-2)19(22)18-15(4)11-9-13-17(18)20-16-12-8-7-10-14(16)3/h7-13,20H,5-6H2,1-4H3. The van der Waals surface area contributed by atoms with Gasteiger partial charge in [0.25, 0.3) is 5.91 Å². The van der Waals surface area contributed by atoms with Gasteiger partial charge in [0.1, 0.15) is 0 Å². The average molecular weight is 296 g/mol. The number of amides is 1. The van der Waals surface area contributed by atoms with E-state index in [0.717, 1.165) is 28.1 Å². The third kappa shape index (κ3) is 3.30. The number of hydrogen-bond acceptors (Lipinski definition) is 2. The maximum absolute atomic E-state index is 12.8. The molecular formula is C19H24N2O. The van der Waals surface area contributed by atoms with Crippen LogP contribution in [0.2, 0.25) is 0 Å². The molecule has 0 spiro atoms. The molecule has 0 saturated carbocycles. The summed E-state index contributed by atoms with van der Waals surface area (Å²) in [6.45, 7) is 9.49. The summed E-state index contributed by atoms with van der Waals surface area (Å²) < 4.78 is 0. The number of nitrogens with zero attached hydrogens (tertiary/aromatic N) is 1. The molecule has 2 aromatic rings. The van der Waals surface area contributed by atoms with Gasteiger partial charge in [-0.3, -0.25) is 4.79 Å². The van der Waals surface area contributed by atoms with Gasteiger partial charge in [-0.05, 0) is 51.0 Å². The van der Waals surface area contributed by atoms with E-state index in [2.05, 4.69) is 18.3 Å². The van der Waals surface area contributed by atoms with Crippen molar-refractivity contribution >= 4 is 17.3 Å². The number of hydrogen-bond donors (Lipinski definition) is 1. The summed E-state index contributed by atoms with van der Waals surface area (Å²) in [7, 11) is 0. The van der Waals surface area contributed by atoms with Crippen molar-refractivity contribution in [1.82, 2.24) is 4.90 Å². The van der Waals surface area contributed by atoms with Gasteiger partial charge in [0, 0.05) is 18.8 Å². The van der Waals surface area contributed by atoms with Crippen LogP contribution in [0, 0.1) is 13.8 Å². The molecule has 22 heavy (non-hydrogen) atoms. The molecule has 0 radical (unpaired) electrons. The minimum atomic E-state index is 0.0826.